The zero-order chi connectivity index (χ0) is 24.9. The van der Waals surface area contributed by atoms with Gasteiger partial charge in [0.15, 0.2) is 11.5 Å². The summed E-state index contributed by atoms with van der Waals surface area (Å²) in [6.45, 7) is 0. The third-order valence-corrected chi connectivity index (χ3v) is 6.50. The zero-order valence-electron chi connectivity index (χ0n) is 19.3. The van der Waals surface area contributed by atoms with E-state index in [-0.39, 0.29) is 10.8 Å². The molecule has 178 valence electrons. The van der Waals surface area contributed by atoms with Gasteiger partial charge in [0.1, 0.15) is 4.88 Å². The van der Waals surface area contributed by atoms with Crippen LogP contribution in [-0.2, 0) is 0 Å². The molecule has 7 nitrogen and oxygen atoms in total. The quantitative estimate of drug-likeness (QED) is 0.313. The van der Waals surface area contributed by atoms with Gasteiger partial charge in [-0.15, -0.1) is 11.3 Å². The number of carbonyl (C=O) groups excluding carboxylic acids is 1. The maximum Gasteiger partial charge on any atom is 0.345 e. The second-order valence-corrected chi connectivity index (χ2v) is 8.52. The van der Waals surface area contributed by atoms with E-state index in [4.69, 9.17) is 14.2 Å². The fourth-order valence-corrected chi connectivity index (χ4v) is 4.64. The number of amides is 1. The average Bonchev–Trinajstić information content (AvgIpc) is 3.38. The molecule has 1 heterocycles. The minimum absolute atomic E-state index is 0.234. The molecule has 1 amide bonds. The monoisotopic (exact) mass is 489 g/mol. The lowest BCUT2D eigenvalue weighted by Gasteiger charge is -2.16. The SMILES string of the molecule is COc1ccc(-c2cccc(C(=O)Nc3ccccc3-c3ccc(C(=O)O)s3)c2)c(OC)c1OC. The van der Waals surface area contributed by atoms with E-state index in [0.29, 0.717) is 28.5 Å². The summed E-state index contributed by atoms with van der Waals surface area (Å²) in [5.41, 5.74) is 3.31. The molecule has 0 atom stereocenters. The number of carboxylic acid groups (broad SMARTS) is 1. The molecule has 0 saturated heterocycles. The van der Waals surface area contributed by atoms with Crippen LogP contribution in [0.5, 0.6) is 17.2 Å². The Morgan fingerprint density at radius 2 is 1.57 bits per heavy atom. The van der Waals surface area contributed by atoms with Crippen molar-refractivity contribution in [2.45, 2.75) is 0 Å². The van der Waals surface area contributed by atoms with Gasteiger partial charge in [0.05, 0.1) is 21.3 Å². The maximum absolute atomic E-state index is 13.2. The third-order valence-electron chi connectivity index (χ3n) is 5.40. The Labute approximate surface area is 206 Å². The Morgan fingerprint density at radius 1 is 0.800 bits per heavy atom. The van der Waals surface area contributed by atoms with Gasteiger partial charge in [-0.2, -0.15) is 0 Å². The Hall–Kier alpha value is -4.30. The van der Waals surface area contributed by atoms with Crippen LogP contribution in [0.3, 0.4) is 0 Å². The number of ether oxygens (including phenoxy) is 3. The Morgan fingerprint density at radius 3 is 2.26 bits per heavy atom. The number of carbonyl (C=O) groups is 2. The van der Waals surface area contributed by atoms with Gasteiger partial charge in [0.2, 0.25) is 5.75 Å². The zero-order valence-corrected chi connectivity index (χ0v) is 20.1. The number of benzene rings is 3. The van der Waals surface area contributed by atoms with Crippen molar-refractivity contribution in [1.29, 1.82) is 0 Å². The highest BCUT2D eigenvalue weighted by Crippen LogP contribution is 2.44. The van der Waals surface area contributed by atoms with Crippen molar-refractivity contribution in [2.24, 2.45) is 0 Å². The fraction of sp³-hybridized carbons (Fsp3) is 0.111. The number of anilines is 1. The number of methoxy groups -OCH3 is 3. The van der Waals surface area contributed by atoms with Crippen molar-refractivity contribution in [3.63, 3.8) is 0 Å². The van der Waals surface area contributed by atoms with Crippen LogP contribution in [0.2, 0.25) is 0 Å². The molecule has 0 fully saturated rings. The van der Waals surface area contributed by atoms with Gasteiger partial charge in [-0.25, -0.2) is 4.79 Å². The van der Waals surface area contributed by atoms with Crippen molar-refractivity contribution in [2.75, 3.05) is 26.6 Å². The lowest BCUT2D eigenvalue weighted by atomic mass is 10.0. The first kappa shape index (κ1) is 23.8. The highest BCUT2D eigenvalue weighted by atomic mass is 32.1. The minimum Gasteiger partial charge on any atom is -0.493 e. The van der Waals surface area contributed by atoms with Gasteiger partial charge in [0, 0.05) is 27.3 Å². The summed E-state index contributed by atoms with van der Waals surface area (Å²) in [4.78, 5) is 25.5. The number of thiophene rings is 1. The van der Waals surface area contributed by atoms with Gasteiger partial charge in [-0.05, 0) is 48.0 Å². The first-order valence-electron chi connectivity index (χ1n) is 10.6. The van der Waals surface area contributed by atoms with Crippen molar-refractivity contribution in [3.05, 3.63) is 83.2 Å². The molecule has 0 unspecified atom stereocenters. The molecular weight excluding hydrogens is 466 g/mol. The van der Waals surface area contributed by atoms with Gasteiger partial charge >= 0.3 is 5.97 Å². The van der Waals surface area contributed by atoms with E-state index in [1.54, 1.807) is 63.8 Å². The van der Waals surface area contributed by atoms with Gasteiger partial charge in [0.25, 0.3) is 5.91 Å². The number of aromatic carboxylic acids is 1. The number of para-hydroxylation sites is 1. The summed E-state index contributed by atoms with van der Waals surface area (Å²) in [7, 11) is 4.64. The third kappa shape index (κ3) is 4.83. The van der Waals surface area contributed by atoms with E-state index in [9.17, 15) is 14.7 Å². The predicted octanol–water partition coefficient (Wildman–Crippen LogP) is 6.06. The molecular formula is C27H23NO6S. The highest BCUT2D eigenvalue weighted by molar-refractivity contribution is 7.17. The molecule has 8 heteroatoms. The van der Waals surface area contributed by atoms with Crippen molar-refractivity contribution < 1.29 is 28.9 Å². The molecule has 0 saturated carbocycles. The van der Waals surface area contributed by atoms with Crippen LogP contribution < -0.4 is 19.5 Å². The topological polar surface area (TPSA) is 94.1 Å². The first-order valence-corrected chi connectivity index (χ1v) is 11.4. The van der Waals surface area contributed by atoms with Crippen LogP contribution in [0, 0.1) is 0 Å². The van der Waals surface area contributed by atoms with Crippen molar-refractivity contribution >= 4 is 28.9 Å². The smallest absolute Gasteiger partial charge is 0.345 e. The predicted molar refractivity (Wildman–Crippen MR) is 136 cm³/mol. The second kappa shape index (κ2) is 10.3. The molecule has 1 aromatic heterocycles. The van der Waals surface area contributed by atoms with E-state index in [2.05, 4.69) is 5.32 Å². The van der Waals surface area contributed by atoms with E-state index in [1.807, 2.05) is 30.3 Å². The Balaban J connectivity index is 1.66. The van der Waals surface area contributed by atoms with Crippen molar-refractivity contribution in [3.8, 4) is 38.8 Å². The van der Waals surface area contributed by atoms with Crippen LogP contribution >= 0.6 is 11.3 Å². The van der Waals surface area contributed by atoms with Gasteiger partial charge < -0.3 is 24.6 Å². The van der Waals surface area contributed by atoms with E-state index < -0.39 is 5.97 Å². The standard InChI is InChI=1S/C27H23NO6S/c1-32-21-12-11-18(24(33-2)25(21)34-3)16-7-6-8-17(15-16)26(29)28-20-10-5-4-9-19(20)22-13-14-23(35-22)27(30)31/h4-15H,1-3H3,(H,28,29)(H,30,31). The molecule has 4 rings (SSSR count). The normalized spacial score (nSPS) is 10.5. The van der Waals surface area contributed by atoms with Crippen LogP contribution in [0.25, 0.3) is 21.6 Å². The molecule has 35 heavy (non-hydrogen) atoms. The summed E-state index contributed by atoms with van der Waals surface area (Å²) < 4.78 is 16.4. The molecule has 0 bridgehead atoms. The summed E-state index contributed by atoms with van der Waals surface area (Å²) in [6.07, 6.45) is 0. The molecule has 0 aliphatic carbocycles. The highest BCUT2D eigenvalue weighted by Gasteiger charge is 2.19. The molecule has 4 aromatic rings. The van der Waals surface area contributed by atoms with Gasteiger partial charge in [-0.1, -0.05) is 30.3 Å². The Kier molecular flexibility index (Phi) is 7.03. The number of carboxylic acids is 1. The largest absolute Gasteiger partial charge is 0.493 e. The summed E-state index contributed by atoms with van der Waals surface area (Å²) in [5.74, 6) is 0.229. The maximum atomic E-state index is 13.2. The molecule has 3 aromatic carbocycles. The van der Waals surface area contributed by atoms with Gasteiger partial charge in [-0.3, -0.25) is 4.79 Å². The lowest BCUT2D eigenvalue weighted by molar-refractivity contribution is 0.0702. The Bertz CT molecular complexity index is 1390. The number of hydrogen-bond donors (Lipinski definition) is 2. The summed E-state index contributed by atoms with van der Waals surface area (Å²) in [6, 6.07) is 21.4. The minimum atomic E-state index is -0.981. The number of rotatable bonds is 8. The van der Waals surface area contributed by atoms with E-state index in [0.717, 1.165) is 32.9 Å². The summed E-state index contributed by atoms with van der Waals surface area (Å²) >= 11 is 1.15. The van der Waals surface area contributed by atoms with Crippen molar-refractivity contribution in [1.82, 2.24) is 0 Å². The fourth-order valence-electron chi connectivity index (χ4n) is 3.76. The number of nitrogens with one attached hydrogen (secondary N) is 1. The molecule has 0 aliphatic rings. The molecule has 2 N–H and O–H groups in total. The van der Waals surface area contributed by atoms with E-state index in [1.165, 1.54) is 0 Å². The second-order valence-electron chi connectivity index (χ2n) is 7.43. The average molecular weight is 490 g/mol. The van der Waals surface area contributed by atoms with Crippen LogP contribution in [-0.4, -0.2) is 38.3 Å². The van der Waals surface area contributed by atoms with Crippen LogP contribution in [0.4, 0.5) is 5.69 Å². The number of hydrogen-bond acceptors (Lipinski definition) is 6. The molecule has 0 spiro atoms. The molecule has 0 aliphatic heterocycles. The first-order chi connectivity index (χ1) is 17.0. The van der Waals surface area contributed by atoms with E-state index >= 15 is 0 Å². The van der Waals surface area contributed by atoms with Crippen LogP contribution in [0.1, 0.15) is 20.0 Å². The van der Waals surface area contributed by atoms with Crippen LogP contribution in [0.15, 0.2) is 72.8 Å². The molecule has 0 radical (unpaired) electrons. The summed E-state index contributed by atoms with van der Waals surface area (Å²) in [5, 5.41) is 12.2. The lowest BCUT2D eigenvalue weighted by Crippen LogP contribution is -2.12.